The van der Waals surface area contributed by atoms with E-state index in [1.807, 2.05) is 12.1 Å². The summed E-state index contributed by atoms with van der Waals surface area (Å²) in [4.78, 5) is 24.3. The minimum absolute atomic E-state index is 0.0113. The van der Waals surface area contributed by atoms with Crippen molar-refractivity contribution in [2.45, 2.75) is 13.0 Å². The van der Waals surface area contributed by atoms with Gasteiger partial charge in [-0.15, -0.1) is 0 Å². The Hall–Kier alpha value is -2.66. The fraction of sp³-hybridized carbons (Fsp3) is 0.263. The molecule has 24 heavy (non-hydrogen) atoms. The van der Waals surface area contributed by atoms with E-state index in [2.05, 4.69) is 5.32 Å². The standard InChI is InChI=1S/C19H21NO4/c1-2-24-19(23)16(17(21)14-9-5-3-6-10-14)13-20-18(22)15-11-7-4-8-12-15/h3-12,16-17,21H,2,13H2,1H3,(H,20,22)/t16-,17+/m1/s1. The third-order valence-electron chi connectivity index (χ3n) is 3.63. The maximum Gasteiger partial charge on any atom is 0.313 e. The second-order valence-corrected chi connectivity index (χ2v) is 5.29. The van der Waals surface area contributed by atoms with Gasteiger partial charge in [0.15, 0.2) is 0 Å². The molecule has 2 aromatic carbocycles. The fourth-order valence-corrected chi connectivity index (χ4v) is 2.35. The van der Waals surface area contributed by atoms with Crippen molar-refractivity contribution in [3.8, 4) is 0 Å². The van der Waals surface area contributed by atoms with E-state index in [0.29, 0.717) is 11.1 Å². The first-order valence-corrected chi connectivity index (χ1v) is 7.86. The van der Waals surface area contributed by atoms with E-state index in [0.717, 1.165) is 0 Å². The van der Waals surface area contributed by atoms with Gasteiger partial charge in [-0.2, -0.15) is 0 Å². The van der Waals surface area contributed by atoms with Crippen molar-refractivity contribution in [3.05, 3.63) is 71.8 Å². The fourth-order valence-electron chi connectivity index (χ4n) is 2.35. The van der Waals surface area contributed by atoms with Gasteiger partial charge in [-0.25, -0.2) is 0 Å². The Kier molecular flexibility index (Phi) is 6.51. The van der Waals surface area contributed by atoms with Crippen LogP contribution in [0.5, 0.6) is 0 Å². The molecule has 2 aromatic rings. The molecule has 0 aromatic heterocycles. The van der Waals surface area contributed by atoms with Crippen molar-refractivity contribution >= 4 is 11.9 Å². The van der Waals surface area contributed by atoms with Gasteiger partial charge >= 0.3 is 5.97 Å². The monoisotopic (exact) mass is 327 g/mol. The van der Waals surface area contributed by atoms with Gasteiger partial charge in [0.1, 0.15) is 5.92 Å². The highest BCUT2D eigenvalue weighted by molar-refractivity contribution is 5.94. The Morgan fingerprint density at radius 1 is 1.04 bits per heavy atom. The largest absolute Gasteiger partial charge is 0.466 e. The van der Waals surface area contributed by atoms with Crippen molar-refractivity contribution in [3.63, 3.8) is 0 Å². The van der Waals surface area contributed by atoms with Crippen LogP contribution in [0.15, 0.2) is 60.7 Å². The second-order valence-electron chi connectivity index (χ2n) is 5.29. The number of carbonyl (C=O) groups excluding carboxylic acids is 2. The van der Waals surface area contributed by atoms with Crippen molar-refractivity contribution in [1.82, 2.24) is 5.32 Å². The number of rotatable bonds is 7. The highest BCUT2D eigenvalue weighted by Gasteiger charge is 2.29. The summed E-state index contributed by atoms with van der Waals surface area (Å²) in [6, 6.07) is 17.6. The van der Waals surface area contributed by atoms with E-state index in [1.165, 1.54) is 0 Å². The Morgan fingerprint density at radius 2 is 1.62 bits per heavy atom. The van der Waals surface area contributed by atoms with Crippen LogP contribution in [0.3, 0.4) is 0 Å². The van der Waals surface area contributed by atoms with Crippen LogP contribution in [0.25, 0.3) is 0 Å². The molecule has 2 N–H and O–H groups in total. The molecule has 5 heteroatoms. The molecule has 0 aliphatic carbocycles. The van der Waals surface area contributed by atoms with E-state index in [1.54, 1.807) is 55.5 Å². The average Bonchev–Trinajstić information content (AvgIpc) is 2.63. The van der Waals surface area contributed by atoms with E-state index >= 15 is 0 Å². The third kappa shape index (κ3) is 4.67. The molecule has 0 fully saturated rings. The van der Waals surface area contributed by atoms with Gasteiger partial charge in [0.25, 0.3) is 5.91 Å². The summed E-state index contributed by atoms with van der Waals surface area (Å²) in [6.45, 7) is 1.90. The van der Waals surface area contributed by atoms with Crippen molar-refractivity contribution in [2.75, 3.05) is 13.2 Å². The van der Waals surface area contributed by atoms with Crippen LogP contribution < -0.4 is 5.32 Å². The van der Waals surface area contributed by atoms with Gasteiger partial charge in [-0.1, -0.05) is 48.5 Å². The van der Waals surface area contributed by atoms with E-state index in [-0.39, 0.29) is 19.1 Å². The van der Waals surface area contributed by atoms with Crippen molar-refractivity contribution in [1.29, 1.82) is 0 Å². The minimum Gasteiger partial charge on any atom is -0.466 e. The van der Waals surface area contributed by atoms with Crippen LogP contribution in [0, 0.1) is 5.92 Å². The van der Waals surface area contributed by atoms with Gasteiger partial charge in [0, 0.05) is 12.1 Å². The lowest BCUT2D eigenvalue weighted by atomic mass is 9.95. The average molecular weight is 327 g/mol. The van der Waals surface area contributed by atoms with Gasteiger partial charge < -0.3 is 15.2 Å². The number of ether oxygens (including phenoxy) is 1. The zero-order valence-corrected chi connectivity index (χ0v) is 13.5. The molecule has 126 valence electrons. The molecule has 5 nitrogen and oxygen atoms in total. The lowest BCUT2D eigenvalue weighted by Gasteiger charge is -2.22. The number of aliphatic hydroxyl groups is 1. The molecular weight excluding hydrogens is 306 g/mol. The van der Waals surface area contributed by atoms with Crippen LogP contribution in [0.4, 0.5) is 0 Å². The zero-order chi connectivity index (χ0) is 17.4. The normalized spacial score (nSPS) is 12.9. The summed E-state index contributed by atoms with van der Waals surface area (Å²) in [5.74, 6) is -1.72. The summed E-state index contributed by atoms with van der Waals surface area (Å²) in [5, 5.41) is 13.2. The lowest BCUT2D eigenvalue weighted by Crippen LogP contribution is -2.37. The van der Waals surface area contributed by atoms with Gasteiger partial charge in [0.2, 0.25) is 0 Å². The first-order chi connectivity index (χ1) is 11.6. The molecule has 0 aliphatic heterocycles. The van der Waals surface area contributed by atoms with Crippen LogP contribution in [-0.2, 0) is 9.53 Å². The summed E-state index contributed by atoms with van der Waals surface area (Å²) in [5.41, 5.74) is 1.10. The molecule has 0 spiro atoms. The Bertz CT molecular complexity index is 658. The number of hydrogen-bond acceptors (Lipinski definition) is 4. The SMILES string of the molecule is CCOC(=O)[C@H](CNC(=O)c1ccccc1)[C@@H](O)c1ccccc1. The molecule has 0 heterocycles. The quantitative estimate of drug-likeness (QED) is 0.765. The molecule has 0 radical (unpaired) electrons. The predicted molar refractivity (Wildman–Crippen MR) is 90.3 cm³/mol. The van der Waals surface area contributed by atoms with Crippen molar-refractivity contribution in [2.24, 2.45) is 5.92 Å². The van der Waals surface area contributed by atoms with Crippen LogP contribution in [0.2, 0.25) is 0 Å². The number of aliphatic hydroxyl groups excluding tert-OH is 1. The molecule has 0 aliphatic rings. The maximum absolute atomic E-state index is 12.2. The van der Waals surface area contributed by atoms with Gasteiger partial charge in [-0.3, -0.25) is 9.59 Å². The Morgan fingerprint density at radius 3 is 2.21 bits per heavy atom. The number of hydrogen-bond donors (Lipinski definition) is 2. The molecular formula is C19H21NO4. The van der Waals surface area contributed by atoms with E-state index in [9.17, 15) is 14.7 Å². The highest BCUT2D eigenvalue weighted by atomic mass is 16.5. The van der Waals surface area contributed by atoms with E-state index < -0.39 is 18.0 Å². The molecule has 2 rings (SSSR count). The summed E-state index contributed by atoms with van der Waals surface area (Å²) >= 11 is 0. The Balaban J connectivity index is 2.09. The predicted octanol–water partition coefficient (Wildman–Crippen LogP) is 2.33. The van der Waals surface area contributed by atoms with Crippen LogP contribution >= 0.6 is 0 Å². The topological polar surface area (TPSA) is 75.6 Å². The van der Waals surface area contributed by atoms with E-state index in [4.69, 9.17) is 4.74 Å². The molecule has 1 amide bonds. The van der Waals surface area contributed by atoms with Crippen molar-refractivity contribution < 1.29 is 19.4 Å². The number of carbonyl (C=O) groups is 2. The minimum atomic E-state index is -1.05. The molecule has 2 atom stereocenters. The first kappa shape index (κ1) is 17.7. The van der Waals surface area contributed by atoms with Crippen LogP contribution in [0.1, 0.15) is 28.9 Å². The number of amides is 1. The summed E-state index contributed by atoms with van der Waals surface area (Å²) in [7, 11) is 0. The zero-order valence-electron chi connectivity index (χ0n) is 13.5. The highest BCUT2D eigenvalue weighted by Crippen LogP contribution is 2.23. The third-order valence-corrected chi connectivity index (χ3v) is 3.63. The Labute approximate surface area is 141 Å². The lowest BCUT2D eigenvalue weighted by molar-refractivity contribution is -0.151. The molecule has 0 unspecified atom stereocenters. The van der Waals surface area contributed by atoms with Gasteiger partial charge in [-0.05, 0) is 24.6 Å². The smallest absolute Gasteiger partial charge is 0.313 e. The second kappa shape index (κ2) is 8.84. The summed E-state index contributed by atoms with van der Waals surface area (Å²) < 4.78 is 5.03. The van der Waals surface area contributed by atoms with Gasteiger partial charge in [0.05, 0.1) is 12.7 Å². The first-order valence-electron chi connectivity index (χ1n) is 7.86. The number of esters is 1. The molecule has 0 saturated carbocycles. The maximum atomic E-state index is 12.2. The number of nitrogens with one attached hydrogen (secondary N) is 1. The number of benzene rings is 2. The molecule has 0 bridgehead atoms. The van der Waals surface area contributed by atoms with Crippen LogP contribution in [-0.4, -0.2) is 30.1 Å². The molecule has 0 saturated heterocycles. The summed E-state index contributed by atoms with van der Waals surface area (Å²) in [6.07, 6.45) is -1.05.